The maximum atomic E-state index is 11.5. The van der Waals surface area contributed by atoms with Crippen LogP contribution < -0.4 is 0 Å². The van der Waals surface area contributed by atoms with Crippen LogP contribution >= 0.6 is 0 Å². The first-order chi connectivity index (χ1) is 8.99. The minimum atomic E-state index is -0.227. The minimum absolute atomic E-state index is 0.0333. The van der Waals surface area contributed by atoms with Crippen molar-refractivity contribution in [3.05, 3.63) is 0 Å². The Bertz CT molecular complexity index is 237. The highest BCUT2D eigenvalue weighted by atomic mass is 16.5. The molecular weight excluding hydrogens is 244 g/mol. The highest BCUT2D eigenvalue weighted by molar-refractivity contribution is 5.72. The van der Waals surface area contributed by atoms with Gasteiger partial charge in [0, 0.05) is 12.8 Å². The van der Waals surface area contributed by atoms with E-state index in [-0.39, 0.29) is 37.0 Å². The molecule has 112 valence electrons. The fourth-order valence-corrected chi connectivity index (χ4v) is 1.87. The van der Waals surface area contributed by atoms with Crippen molar-refractivity contribution in [2.45, 2.75) is 84.8 Å². The predicted octanol–water partition coefficient (Wildman–Crippen LogP) is 3.62. The Morgan fingerprint density at radius 3 is 1.53 bits per heavy atom. The Balaban J connectivity index is 3.66. The Kier molecular flexibility index (Phi) is 10.2. The molecule has 4 nitrogen and oxygen atoms in total. The molecule has 0 radical (unpaired) electrons. The van der Waals surface area contributed by atoms with Gasteiger partial charge in [-0.15, -0.1) is 0 Å². The number of hydrogen-bond donors (Lipinski definition) is 0. The summed E-state index contributed by atoms with van der Waals surface area (Å²) in [7, 11) is 0. The lowest BCUT2D eigenvalue weighted by atomic mass is 10.2. The molecule has 0 N–H and O–H groups in total. The minimum Gasteiger partial charge on any atom is -0.463 e. The van der Waals surface area contributed by atoms with Crippen molar-refractivity contribution < 1.29 is 19.1 Å². The molecule has 0 aliphatic heterocycles. The molecule has 0 aromatic carbocycles. The van der Waals surface area contributed by atoms with Crippen LogP contribution in [-0.4, -0.2) is 24.1 Å². The summed E-state index contributed by atoms with van der Waals surface area (Å²) in [5.41, 5.74) is 0. The van der Waals surface area contributed by atoms with Crippen molar-refractivity contribution in [3.63, 3.8) is 0 Å². The van der Waals surface area contributed by atoms with Gasteiger partial charge in [-0.3, -0.25) is 9.59 Å². The van der Waals surface area contributed by atoms with E-state index in [0.29, 0.717) is 6.42 Å². The molecule has 0 aromatic rings. The number of esters is 2. The second kappa shape index (κ2) is 10.8. The van der Waals surface area contributed by atoms with Crippen molar-refractivity contribution >= 4 is 11.9 Å². The SMILES string of the molecule is CCCC(C)OC(=O)CCCC(=O)OC(C)CCC. The van der Waals surface area contributed by atoms with Crippen LogP contribution in [0.2, 0.25) is 0 Å². The Morgan fingerprint density at radius 2 is 1.21 bits per heavy atom. The molecule has 19 heavy (non-hydrogen) atoms. The number of ether oxygens (including phenoxy) is 2. The van der Waals surface area contributed by atoms with Crippen LogP contribution in [-0.2, 0) is 19.1 Å². The van der Waals surface area contributed by atoms with Gasteiger partial charge in [-0.25, -0.2) is 0 Å². The molecule has 0 heterocycles. The lowest BCUT2D eigenvalue weighted by Crippen LogP contribution is -2.16. The molecule has 2 unspecified atom stereocenters. The topological polar surface area (TPSA) is 52.6 Å². The van der Waals surface area contributed by atoms with E-state index in [1.807, 2.05) is 13.8 Å². The van der Waals surface area contributed by atoms with Gasteiger partial charge in [0.15, 0.2) is 0 Å². The van der Waals surface area contributed by atoms with Gasteiger partial charge in [-0.2, -0.15) is 0 Å². The van der Waals surface area contributed by atoms with Crippen molar-refractivity contribution in [3.8, 4) is 0 Å². The molecule has 0 spiro atoms. The average Bonchev–Trinajstić information content (AvgIpc) is 2.28. The predicted molar refractivity (Wildman–Crippen MR) is 74.8 cm³/mol. The fourth-order valence-electron chi connectivity index (χ4n) is 1.87. The van der Waals surface area contributed by atoms with E-state index in [4.69, 9.17) is 9.47 Å². The maximum Gasteiger partial charge on any atom is 0.306 e. The first-order valence-corrected chi connectivity index (χ1v) is 7.38. The van der Waals surface area contributed by atoms with E-state index in [0.717, 1.165) is 25.7 Å². The third kappa shape index (κ3) is 10.5. The number of hydrogen-bond acceptors (Lipinski definition) is 4. The van der Waals surface area contributed by atoms with E-state index in [1.54, 1.807) is 0 Å². The van der Waals surface area contributed by atoms with E-state index in [1.165, 1.54) is 0 Å². The number of carbonyl (C=O) groups is 2. The molecule has 0 saturated heterocycles. The van der Waals surface area contributed by atoms with Crippen LogP contribution in [0.3, 0.4) is 0 Å². The van der Waals surface area contributed by atoms with E-state index >= 15 is 0 Å². The lowest BCUT2D eigenvalue weighted by molar-refractivity contribution is -0.150. The third-order valence-corrected chi connectivity index (χ3v) is 2.82. The molecule has 0 saturated carbocycles. The van der Waals surface area contributed by atoms with Crippen LogP contribution in [0, 0.1) is 0 Å². The Hall–Kier alpha value is -1.06. The van der Waals surface area contributed by atoms with Gasteiger partial charge in [-0.05, 0) is 33.1 Å². The molecule has 0 bridgehead atoms. The average molecular weight is 272 g/mol. The zero-order valence-corrected chi connectivity index (χ0v) is 12.7. The second-order valence-corrected chi connectivity index (χ2v) is 5.03. The van der Waals surface area contributed by atoms with E-state index in [9.17, 15) is 9.59 Å². The molecule has 0 aliphatic rings. The molecule has 4 heteroatoms. The third-order valence-electron chi connectivity index (χ3n) is 2.82. The molecule has 0 aromatic heterocycles. The van der Waals surface area contributed by atoms with E-state index < -0.39 is 0 Å². The van der Waals surface area contributed by atoms with Gasteiger partial charge >= 0.3 is 11.9 Å². The van der Waals surface area contributed by atoms with Crippen molar-refractivity contribution in [1.82, 2.24) is 0 Å². The second-order valence-electron chi connectivity index (χ2n) is 5.03. The first-order valence-electron chi connectivity index (χ1n) is 7.38. The Morgan fingerprint density at radius 1 is 0.842 bits per heavy atom. The zero-order valence-electron chi connectivity index (χ0n) is 12.7. The molecule has 2 atom stereocenters. The summed E-state index contributed by atoms with van der Waals surface area (Å²) < 4.78 is 10.4. The summed E-state index contributed by atoms with van der Waals surface area (Å²) in [6, 6.07) is 0. The number of rotatable bonds is 10. The standard InChI is InChI=1S/C15H28O4/c1-5-8-12(3)18-14(16)10-7-11-15(17)19-13(4)9-6-2/h12-13H,5-11H2,1-4H3. The van der Waals surface area contributed by atoms with Crippen LogP contribution in [0.1, 0.15) is 72.6 Å². The van der Waals surface area contributed by atoms with Crippen molar-refractivity contribution in [2.24, 2.45) is 0 Å². The summed E-state index contributed by atoms with van der Waals surface area (Å²) in [4.78, 5) is 22.9. The van der Waals surface area contributed by atoms with Gasteiger partial charge < -0.3 is 9.47 Å². The molecule has 0 aliphatic carbocycles. The molecule has 0 amide bonds. The zero-order chi connectivity index (χ0) is 14.7. The summed E-state index contributed by atoms with van der Waals surface area (Å²) in [5, 5.41) is 0. The maximum absolute atomic E-state index is 11.5. The lowest BCUT2D eigenvalue weighted by Gasteiger charge is -2.13. The molecule has 0 rings (SSSR count). The monoisotopic (exact) mass is 272 g/mol. The summed E-state index contributed by atoms with van der Waals surface area (Å²) in [6.07, 6.45) is 4.74. The summed E-state index contributed by atoms with van der Waals surface area (Å²) >= 11 is 0. The van der Waals surface area contributed by atoms with Gasteiger partial charge in [0.05, 0.1) is 12.2 Å². The van der Waals surface area contributed by atoms with Gasteiger partial charge in [-0.1, -0.05) is 26.7 Å². The van der Waals surface area contributed by atoms with Gasteiger partial charge in [0.25, 0.3) is 0 Å². The first kappa shape index (κ1) is 17.9. The normalized spacial score (nSPS) is 13.7. The molecule has 0 fully saturated rings. The largest absolute Gasteiger partial charge is 0.463 e. The van der Waals surface area contributed by atoms with Crippen LogP contribution in [0.4, 0.5) is 0 Å². The fraction of sp³-hybridized carbons (Fsp3) is 0.867. The Labute approximate surface area is 116 Å². The van der Waals surface area contributed by atoms with Crippen molar-refractivity contribution in [2.75, 3.05) is 0 Å². The summed E-state index contributed by atoms with van der Waals surface area (Å²) in [6.45, 7) is 7.89. The highest BCUT2D eigenvalue weighted by Crippen LogP contribution is 2.07. The van der Waals surface area contributed by atoms with Crippen molar-refractivity contribution in [1.29, 1.82) is 0 Å². The van der Waals surface area contributed by atoms with Crippen LogP contribution in [0.25, 0.3) is 0 Å². The van der Waals surface area contributed by atoms with Gasteiger partial charge in [0.1, 0.15) is 0 Å². The number of carbonyl (C=O) groups excluding carboxylic acids is 2. The molecular formula is C15H28O4. The van der Waals surface area contributed by atoms with Gasteiger partial charge in [0.2, 0.25) is 0 Å². The van der Waals surface area contributed by atoms with Crippen LogP contribution in [0.15, 0.2) is 0 Å². The quantitative estimate of drug-likeness (QED) is 0.570. The highest BCUT2D eigenvalue weighted by Gasteiger charge is 2.12. The summed E-state index contributed by atoms with van der Waals surface area (Å²) in [5.74, 6) is -0.453. The smallest absolute Gasteiger partial charge is 0.306 e. The van der Waals surface area contributed by atoms with Crippen LogP contribution in [0.5, 0.6) is 0 Å². The van der Waals surface area contributed by atoms with E-state index in [2.05, 4.69) is 13.8 Å².